The van der Waals surface area contributed by atoms with Crippen LogP contribution in [0.5, 0.6) is 0 Å². The predicted octanol–water partition coefficient (Wildman–Crippen LogP) is 3.40. The van der Waals surface area contributed by atoms with Gasteiger partial charge in [-0.3, -0.25) is 0 Å². The van der Waals surface area contributed by atoms with Gasteiger partial charge in [-0.05, 0) is 29.4 Å². The zero-order valence-corrected chi connectivity index (χ0v) is 10.2. The standard InChI is InChI=1S/C14H21N/c1-8(2)12-6-10-5-11(10)7-13(9(3)4)14(12)15/h6-10H,5,15H2,1-4H3. The summed E-state index contributed by atoms with van der Waals surface area (Å²) < 4.78 is 0. The molecule has 0 aromatic rings. The van der Waals surface area contributed by atoms with E-state index in [1.54, 1.807) is 5.57 Å². The first-order chi connectivity index (χ1) is 7.00. The van der Waals surface area contributed by atoms with Crippen LogP contribution in [0.25, 0.3) is 0 Å². The van der Waals surface area contributed by atoms with Crippen LogP contribution in [-0.4, -0.2) is 0 Å². The number of hydrogen-bond donors (Lipinski definition) is 1. The molecule has 0 radical (unpaired) electrons. The zero-order chi connectivity index (χ0) is 11.2. The van der Waals surface area contributed by atoms with E-state index in [0.717, 1.165) is 5.70 Å². The van der Waals surface area contributed by atoms with Gasteiger partial charge in [0.15, 0.2) is 0 Å². The molecule has 15 heavy (non-hydrogen) atoms. The molecule has 1 nitrogen and oxygen atoms in total. The van der Waals surface area contributed by atoms with Crippen molar-refractivity contribution >= 4 is 0 Å². The van der Waals surface area contributed by atoms with Crippen LogP contribution in [0.1, 0.15) is 34.1 Å². The second-order valence-corrected chi connectivity index (χ2v) is 5.33. The third-order valence-electron chi connectivity index (χ3n) is 3.36. The molecule has 1 heteroatoms. The van der Waals surface area contributed by atoms with E-state index in [1.807, 2.05) is 0 Å². The molecule has 2 aliphatic rings. The molecule has 0 saturated heterocycles. The van der Waals surface area contributed by atoms with E-state index in [4.69, 9.17) is 5.73 Å². The molecular weight excluding hydrogens is 182 g/mol. The average molecular weight is 203 g/mol. The van der Waals surface area contributed by atoms with Gasteiger partial charge in [0.1, 0.15) is 0 Å². The lowest BCUT2D eigenvalue weighted by Crippen LogP contribution is -2.11. The van der Waals surface area contributed by atoms with Crippen molar-refractivity contribution in [3.8, 4) is 0 Å². The molecule has 1 fully saturated rings. The van der Waals surface area contributed by atoms with E-state index < -0.39 is 0 Å². The third kappa shape index (κ3) is 1.88. The van der Waals surface area contributed by atoms with E-state index in [2.05, 4.69) is 39.8 Å². The topological polar surface area (TPSA) is 26.0 Å². The fourth-order valence-electron chi connectivity index (χ4n) is 2.26. The minimum absolute atomic E-state index is 0.527. The summed E-state index contributed by atoms with van der Waals surface area (Å²) >= 11 is 0. The molecule has 0 aromatic carbocycles. The monoisotopic (exact) mass is 203 g/mol. The lowest BCUT2D eigenvalue weighted by molar-refractivity contribution is 0.737. The van der Waals surface area contributed by atoms with E-state index in [9.17, 15) is 0 Å². The molecule has 0 bridgehead atoms. The zero-order valence-electron chi connectivity index (χ0n) is 10.2. The average Bonchev–Trinajstić information content (AvgIpc) is 2.86. The summed E-state index contributed by atoms with van der Waals surface area (Å²) in [6, 6.07) is 0. The Morgan fingerprint density at radius 2 is 1.87 bits per heavy atom. The van der Waals surface area contributed by atoms with Gasteiger partial charge in [-0.15, -0.1) is 0 Å². The van der Waals surface area contributed by atoms with Gasteiger partial charge in [0.2, 0.25) is 0 Å². The maximum atomic E-state index is 6.27. The van der Waals surface area contributed by atoms with Gasteiger partial charge in [-0.25, -0.2) is 0 Å². The molecule has 2 N–H and O–H groups in total. The van der Waals surface area contributed by atoms with Crippen LogP contribution in [0.3, 0.4) is 0 Å². The maximum absolute atomic E-state index is 6.27. The Balaban J connectivity index is 2.46. The van der Waals surface area contributed by atoms with Crippen LogP contribution in [0.15, 0.2) is 34.6 Å². The van der Waals surface area contributed by atoms with Gasteiger partial charge in [0.05, 0.1) is 0 Å². The first-order valence-electron chi connectivity index (χ1n) is 5.93. The molecule has 0 heterocycles. The Kier molecular flexibility index (Phi) is 2.49. The van der Waals surface area contributed by atoms with Gasteiger partial charge in [0, 0.05) is 11.6 Å². The molecular formula is C14H21N. The van der Waals surface area contributed by atoms with E-state index in [1.165, 1.54) is 17.6 Å². The van der Waals surface area contributed by atoms with Crippen LogP contribution in [0.2, 0.25) is 0 Å². The lowest BCUT2D eigenvalue weighted by atomic mass is 9.92. The molecule has 1 saturated carbocycles. The number of hydrogen-bond acceptors (Lipinski definition) is 1. The Labute approximate surface area is 92.7 Å². The first kappa shape index (κ1) is 10.5. The van der Waals surface area contributed by atoms with Gasteiger partial charge < -0.3 is 5.73 Å². The van der Waals surface area contributed by atoms with Crippen molar-refractivity contribution < 1.29 is 0 Å². The van der Waals surface area contributed by atoms with E-state index in [0.29, 0.717) is 17.8 Å². The highest BCUT2D eigenvalue weighted by molar-refractivity contribution is 5.50. The fraction of sp³-hybridized carbons (Fsp3) is 0.571. The molecule has 1 unspecified atom stereocenters. The molecule has 1 atom stereocenters. The number of fused-ring (bicyclic) bond motifs is 1. The van der Waals surface area contributed by atoms with Gasteiger partial charge in [-0.2, -0.15) is 0 Å². The van der Waals surface area contributed by atoms with Crippen molar-refractivity contribution in [3.05, 3.63) is 34.6 Å². The number of nitrogens with two attached hydrogens (primary N) is 1. The van der Waals surface area contributed by atoms with Crippen LogP contribution in [-0.2, 0) is 0 Å². The summed E-state index contributed by atoms with van der Waals surface area (Å²) in [7, 11) is 0. The van der Waals surface area contributed by atoms with Crippen molar-refractivity contribution in [1.29, 1.82) is 0 Å². The van der Waals surface area contributed by atoms with Gasteiger partial charge in [-0.1, -0.05) is 45.4 Å². The van der Waals surface area contributed by atoms with Crippen molar-refractivity contribution in [2.75, 3.05) is 0 Å². The number of allylic oxidation sites excluding steroid dienone is 5. The van der Waals surface area contributed by atoms with Crippen molar-refractivity contribution in [2.24, 2.45) is 23.5 Å². The molecule has 0 spiro atoms. The van der Waals surface area contributed by atoms with Crippen LogP contribution in [0.4, 0.5) is 0 Å². The maximum Gasteiger partial charge on any atom is 0.0381 e. The summed E-state index contributed by atoms with van der Waals surface area (Å²) in [6.07, 6.45) is 5.96. The van der Waals surface area contributed by atoms with E-state index in [-0.39, 0.29) is 0 Å². The summed E-state index contributed by atoms with van der Waals surface area (Å²) in [4.78, 5) is 0. The summed E-state index contributed by atoms with van der Waals surface area (Å²) in [5.74, 6) is 1.75. The SMILES string of the molecule is CC(C)C1=CC2CC2=CC(C(C)C)=C1N. The summed E-state index contributed by atoms with van der Waals surface area (Å²) in [6.45, 7) is 8.90. The van der Waals surface area contributed by atoms with Crippen LogP contribution in [0, 0.1) is 17.8 Å². The van der Waals surface area contributed by atoms with Crippen LogP contribution >= 0.6 is 0 Å². The Bertz CT molecular complexity index is 367. The Morgan fingerprint density at radius 3 is 2.40 bits per heavy atom. The lowest BCUT2D eigenvalue weighted by Gasteiger charge is -2.17. The second-order valence-electron chi connectivity index (χ2n) is 5.33. The van der Waals surface area contributed by atoms with Crippen molar-refractivity contribution in [1.82, 2.24) is 0 Å². The molecule has 2 aliphatic carbocycles. The molecule has 0 aliphatic heterocycles. The van der Waals surface area contributed by atoms with Gasteiger partial charge in [0.25, 0.3) is 0 Å². The highest BCUT2D eigenvalue weighted by Crippen LogP contribution is 2.45. The third-order valence-corrected chi connectivity index (χ3v) is 3.36. The minimum Gasteiger partial charge on any atom is -0.398 e. The number of rotatable bonds is 2. The quantitative estimate of drug-likeness (QED) is 0.731. The second kappa shape index (κ2) is 3.55. The summed E-state index contributed by atoms with van der Waals surface area (Å²) in [5.41, 5.74) is 11.6. The van der Waals surface area contributed by atoms with Gasteiger partial charge >= 0.3 is 0 Å². The van der Waals surface area contributed by atoms with Crippen LogP contribution < -0.4 is 5.73 Å². The predicted molar refractivity (Wildman–Crippen MR) is 65.2 cm³/mol. The van der Waals surface area contributed by atoms with Crippen molar-refractivity contribution in [2.45, 2.75) is 34.1 Å². The highest BCUT2D eigenvalue weighted by Gasteiger charge is 2.31. The minimum atomic E-state index is 0.527. The fourth-order valence-corrected chi connectivity index (χ4v) is 2.26. The Hall–Kier alpha value is -0.980. The largest absolute Gasteiger partial charge is 0.398 e. The van der Waals surface area contributed by atoms with Crippen molar-refractivity contribution in [3.63, 3.8) is 0 Å². The normalized spacial score (nSPS) is 25.1. The molecule has 82 valence electrons. The molecule has 0 amide bonds. The smallest absolute Gasteiger partial charge is 0.0381 e. The Morgan fingerprint density at radius 1 is 1.20 bits per heavy atom. The summed E-state index contributed by atoms with van der Waals surface area (Å²) in [5, 5.41) is 0. The highest BCUT2D eigenvalue weighted by atomic mass is 14.6. The first-order valence-corrected chi connectivity index (χ1v) is 5.93. The molecule has 0 aromatic heterocycles. The van der Waals surface area contributed by atoms with E-state index >= 15 is 0 Å². The molecule has 2 rings (SSSR count).